The monoisotopic (exact) mass is 309 g/mol. The lowest BCUT2D eigenvalue weighted by atomic mass is 10.1. The SMILES string of the molecule is CCCNCc1nc(-c2ccc(Br)cc2C)no1. The Morgan fingerprint density at radius 3 is 2.94 bits per heavy atom. The Hall–Kier alpha value is -1.20. The molecule has 0 saturated carbocycles. The number of aryl methyl sites for hydroxylation is 1. The number of nitrogens with zero attached hydrogens (tertiary/aromatic N) is 2. The van der Waals surface area contributed by atoms with Gasteiger partial charge in [-0.2, -0.15) is 4.98 Å². The third kappa shape index (κ3) is 3.17. The Morgan fingerprint density at radius 2 is 2.22 bits per heavy atom. The quantitative estimate of drug-likeness (QED) is 0.861. The van der Waals surface area contributed by atoms with E-state index in [0.29, 0.717) is 18.3 Å². The predicted octanol–water partition coefficient (Wildman–Crippen LogP) is 3.31. The Bertz CT molecular complexity index is 525. The van der Waals surface area contributed by atoms with Crippen molar-refractivity contribution in [3.05, 3.63) is 34.1 Å². The molecular formula is C13H16BrN3O. The van der Waals surface area contributed by atoms with Crippen molar-refractivity contribution in [3.8, 4) is 11.4 Å². The van der Waals surface area contributed by atoms with Gasteiger partial charge in [0.1, 0.15) is 0 Å². The van der Waals surface area contributed by atoms with Crippen LogP contribution < -0.4 is 5.32 Å². The summed E-state index contributed by atoms with van der Waals surface area (Å²) in [6.45, 7) is 5.73. The van der Waals surface area contributed by atoms with Crippen molar-refractivity contribution in [1.29, 1.82) is 0 Å². The van der Waals surface area contributed by atoms with E-state index in [0.717, 1.165) is 28.6 Å². The second kappa shape index (κ2) is 6.11. The standard InChI is InChI=1S/C13H16BrN3O/c1-3-6-15-8-12-16-13(17-18-12)11-5-4-10(14)7-9(11)2/h4-5,7,15H,3,6,8H2,1-2H3. The van der Waals surface area contributed by atoms with Gasteiger partial charge in [0.15, 0.2) is 0 Å². The zero-order valence-electron chi connectivity index (χ0n) is 10.5. The van der Waals surface area contributed by atoms with Gasteiger partial charge in [-0.25, -0.2) is 0 Å². The zero-order valence-corrected chi connectivity index (χ0v) is 12.1. The van der Waals surface area contributed by atoms with E-state index in [2.05, 4.69) is 38.3 Å². The summed E-state index contributed by atoms with van der Waals surface area (Å²) in [7, 11) is 0. The Labute approximate surface area is 115 Å². The molecule has 1 N–H and O–H groups in total. The maximum atomic E-state index is 5.22. The van der Waals surface area contributed by atoms with Crippen LogP contribution in [0, 0.1) is 6.92 Å². The smallest absolute Gasteiger partial charge is 0.240 e. The van der Waals surface area contributed by atoms with Gasteiger partial charge in [0.2, 0.25) is 11.7 Å². The minimum Gasteiger partial charge on any atom is -0.338 e. The summed E-state index contributed by atoms with van der Waals surface area (Å²) in [6.07, 6.45) is 1.09. The topological polar surface area (TPSA) is 51.0 Å². The van der Waals surface area contributed by atoms with Crippen molar-refractivity contribution >= 4 is 15.9 Å². The number of nitrogens with one attached hydrogen (secondary N) is 1. The van der Waals surface area contributed by atoms with Crippen LogP contribution in [-0.4, -0.2) is 16.7 Å². The van der Waals surface area contributed by atoms with Gasteiger partial charge in [-0.3, -0.25) is 0 Å². The first-order chi connectivity index (χ1) is 8.70. The van der Waals surface area contributed by atoms with Crippen molar-refractivity contribution in [1.82, 2.24) is 15.5 Å². The molecule has 0 aliphatic heterocycles. The molecule has 1 aromatic heterocycles. The predicted molar refractivity (Wildman–Crippen MR) is 74.2 cm³/mol. The Morgan fingerprint density at radius 1 is 1.39 bits per heavy atom. The van der Waals surface area contributed by atoms with Gasteiger partial charge in [0, 0.05) is 10.0 Å². The van der Waals surface area contributed by atoms with E-state index in [1.165, 1.54) is 0 Å². The van der Waals surface area contributed by atoms with Crippen molar-refractivity contribution in [2.24, 2.45) is 0 Å². The molecule has 0 aliphatic carbocycles. The molecule has 96 valence electrons. The average Bonchev–Trinajstić information content (AvgIpc) is 2.78. The van der Waals surface area contributed by atoms with E-state index in [4.69, 9.17) is 4.52 Å². The largest absolute Gasteiger partial charge is 0.338 e. The summed E-state index contributed by atoms with van der Waals surface area (Å²) in [5.41, 5.74) is 2.13. The van der Waals surface area contributed by atoms with Crippen LogP contribution in [0.25, 0.3) is 11.4 Å². The Kier molecular flexibility index (Phi) is 4.49. The zero-order chi connectivity index (χ0) is 13.0. The van der Waals surface area contributed by atoms with Gasteiger partial charge in [0.05, 0.1) is 6.54 Å². The van der Waals surface area contributed by atoms with Gasteiger partial charge in [0.25, 0.3) is 0 Å². The molecule has 0 radical (unpaired) electrons. The molecular weight excluding hydrogens is 294 g/mol. The second-order valence-corrected chi connectivity index (χ2v) is 5.06. The van der Waals surface area contributed by atoms with E-state index >= 15 is 0 Å². The molecule has 1 aromatic carbocycles. The fourth-order valence-corrected chi connectivity index (χ4v) is 2.16. The van der Waals surface area contributed by atoms with E-state index in [9.17, 15) is 0 Å². The third-order valence-electron chi connectivity index (χ3n) is 2.60. The third-order valence-corrected chi connectivity index (χ3v) is 3.09. The molecule has 0 aliphatic rings. The van der Waals surface area contributed by atoms with E-state index in [1.54, 1.807) is 0 Å². The Balaban J connectivity index is 2.13. The molecule has 0 unspecified atom stereocenters. The number of halogens is 1. The lowest BCUT2D eigenvalue weighted by Crippen LogP contribution is -2.13. The van der Waals surface area contributed by atoms with Crippen LogP contribution in [0.2, 0.25) is 0 Å². The lowest BCUT2D eigenvalue weighted by Gasteiger charge is -2.00. The number of benzene rings is 1. The number of rotatable bonds is 5. The lowest BCUT2D eigenvalue weighted by molar-refractivity contribution is 0.368. The summed E-state index contributed by atoms with van der Waals surface area (Å²) in [6, 6.07) is 6.02. The molecule has 0 amide bonds. The van der Waals surface area contributed by atoms with Crippen LogP contribution in [0.3, 0.4) is 0 Å². The molecule has 18 heavy (non-hydrogen) atoms. The number of hydrogen-bond acceptors (Lipinski definition) is 4. The normalized spacial score (nSPS) is 10.8. The molecule has 4 nitrogen and oxygen atoms in total. The molecule has 2 aromatic rings. The first-order valence-corrected chi connectivity index (χ1v) is 6.80. The summed E-state index contributed by atoms with van der Waals surface area (Å²) in [5.74, 6) is 1.27. The van der Waals surface area contributed by atoms with Crippen molar-refractivity contribution in [2.45, 2.75) is 26.8 Å². The molecule has 0 fully saturated rings. The first-order valence-electron chi connectivity index (χ1n) is 6.00. The highest BCUT2D eigenvalue weighted by Crippen LogP contribution is 2.23. The van der Waals surface area contributed by atoms with E-state index in [1.807, 2.05) is 25.1 Å². The molecule has 0 saturated heterocycles. The molecule has 5 heteroatoms. The number of aromatic nitrogens is 2. The van der Waals surface area contributed by atoms with Crippen LogP contribution in [0.4, 0.5) is 0 Å². The van der Waals surface area contributed by atoms with E-state index in [-0.39, 0.29) is 0 Å². The van der Waals surface area contributed by atoms with Gasteiger partial charge in [-0.1, -0.05) is 28.0 Å². The van der Waals surface area contributed by atoms with Crippen molar-refractivity contribution in [3.63, 3.8) is 0 Å². The molecule has 2 rings (SSSR count). The fourth-order valence-electron chi connectivity index (χ4n) is 1.69. The maximum Gasteiger partial charge on any atom is 0.240 e. The summed E-state index contributed by atoms with van der Waals surface area (Å²) in [4.78, 5) is 4.39. The highest BCUT2D eigenvalue weighted by atomic mass is 79.9. The van der Waals surface area contributed by atoms with Crippen LogP contribution in [0.15, 0.2) is 27.2 Å². The molecule has 0 spiro atoms. The summed E-state index contributed by atoms with van der Waals surface area (Å²) in [5, 5.41) is 7.25. The second-order valence-electron chi connectivity index (χ2n) is 4.15. The fraction of sp³-hybridized carbons (Fsp3) is 0.385. The van der Waals surface area contributed by atoms with Gasteiger partial charge in [-0.15, -0.1) is 0 Å². The summed E-state index contributed by atoms with van der Waals surface area (Å²) < 4.78 is 6.27. The molecule has 0 bridgehead atoms. The van der Waals surface area contributed by atoms with Crippen molar-refractivity contribution in [2.75, 3.05) is 6.54 Å². The van der Waals surface area contributed by atoms with Crippen LogP contribution >= 0.6 is 15.9 Å². The average molecular weight is 310 g/mol. The van der Waals surface area contributed by atoms with E-state index < -0.39 is 0 Å². The minimum absolute atomic E-state index is 0.621. The van der Waals surface area contributed by atoms with Gasteiger partial charge < -0.3 is 9.84 Å². The highest BCUT2D eigenvalue weighted by Gasteiger charge is 2.10. The molecule has 1 heterocycles. The highest BCUT2D eigenvalue weighted by molar-refractivity contribution is 9.10. The van der Waals surface area contributed by atoms with Gasteiger partial charge in [-0.05, 0) is 43.7 Å². The maximum absolute atomic E-state index is 5.22. The van der Waals surface area contributed by atoms with Crippen LogP contribution in [0.5, 0.6) is 0 Å². The summed E-state index contributed by atoms with van der Waals surface area (Å²) >= 11 is 3.44. The first kappa shape index (κ1) is 13.2. The number of hydrogen-bond donors (Lipinski definition) is 1. The van der Waals surface area contributed by atoms with Crippen molar-refractivity contribution < 1.29 is 4.52 Å². The van der Waals surface area contributed by atoms with Crippen LogP contribution in [0.1, 0.15) is 24.8 Å². The molecule has 0 atom stereocenters. The minimum atomic E-state index is 0.621. The van der Waals surface area contributed by atoms with Crippen LogP contribution in [-0.2, 0) is 6.54 Å². The van der Waals surface area contributed by atoms with Gasteiger partial charge >= 0.3 is 0 Å².